The van der Waals surface area contributed by atoms with Crippen molar-refractivity contribution in [3.63, 3.8) is 0 Å². The van der Waals surface area contributed by atoms with E-state index in [-0.39, 0.29) is 5.82 Å². The highest BCUT2D eigenvalue weighted by Crippen LogP contribution is 2.27. The van der Waals surface area contributed by atoms with E-state index in [1.807, 2.05) is 18.2 Å². The van der Waals surface area contributed by atoms with Gasteiger partial charge in [-0.25, -0.2) is 4.39 Å². The smallest absolute Gasteiger partial charge is 0.134 e. The molecular weight excluding hydrogens is 227 g/mol. The molecule has 0 aliphatic carbocycles. The highest BCUT2D eigenvalue weighted by Gasteiger charge is 2.06. The Bertz CT molecular complexity index is 534. The first-order valence-electron chi connectivity index (χ1n) is 6.17. The molecule has 0 radical (unpaired) electrons. The molecule has 0 atom stereocenters. The van der Waals surface area contributed by atoms with Crippen LogP contribution in [0, 0.1) is 5.82 Å². The van der Waals surface area contributed by atoms with E-state index in [2.05, 4.69) is 13.0 Å². The molecule has 0 saturated heterocycles. The van der Waals surface area contributed by atoms with E-state index >= 15 is 0 Å². The second-order valence-corrected chi connectivity index (χ2v) is 4.30. The molecule has 0 N–H and O–H groups in total. The van der Waals surface area contributed by atoms with Gasteiger partial charge >= 0.3 is 0 Å². The third kappa shape index (κ3) is 2.70. The van der Waals surface area contributed by atoms with Gasteiger partial charge in [0.05, 0.1) is 7.11 Å². The van der Waals surface area contributed by atoms with Gasteiger partial charge in [-0.1, -0.05) is 37.6 Å². The number of benzene rings is 2. The Morgan fingerprint density at radius 2 is 1.94 bits per heavy atom. The van der Waals surface area contributed by atoms with Crippen LogP contribution < -0.4 is 4.74 Å². The standard InChI is InChI=1S/C16H17FO/c1-3-5-12-6-4-7-13(10-12)15-9-8-14(18-2)11-16(15)17/h4,6-11H,3,5H2,1-2H3. The molecule has 18 heavy (non-hydrogen) atoms. The fourth-order valence-electron chi connectivity index (χ4n) is 2.04. The Labute approximate surface area is 107 Å². The van der Waals surface area contributed by atoms with Gasteiger partial charge in [0.2, 0.25) is 0 Å². The summed E-state index contributed by atoms with van der Waals surface area (Å²) in [6, 6.07) is 13.0. The van der Waals surface area contributed by atoms with E-state index < -0.39 is 0 Å². The van der Waals surface area contributed by atoms with Crippen LogP contribution in [0.15, 0.2) is 42.5 Å². The van der Waals surface area contributed by atoms with Crippen LogP contribution >= 0.6 is 0 Å². The molecule has 0 bridgehead atoms. The lowest BCUT2D eigenvalue weighted by atomic mass is 10.0. The maximum atomic E-state index is 14.0. The molecule has 1 nitrogen and oxygen atoms in total. The van der Waals surface area contributed by atoms with Crippen LogP contribution in [0.3, 0.4) is 0 Å². The van der Waals surface area contributed by atoms with Gasteiger partial charge in [0, 0.05) is 11.6 Å². The lowest BCUT2D eigenvalue weighted by Crippen LogP contribution is -1.89. The molecule has 0 unspecified atom stereocenters. The molecule has 2 heteroatoms. The van der Waals surface area contributed by atoms with E-state index in [0.29, 0.717) is 11.3 Å². The van der Waals surface area contributed by atoms with Gasteiger partial charge in [-0.3, -0.25) is 0 Å². The van der Waals surface area contributed by atoms with Crippen molar-refractivity contribution in [3.05, 3.63) is 53.8 Å². The summed E-state index contributed by atoms with van der Waals surface area (Å²) < 4.78 is 19.0. The molecule has 0 fully saturated rings. The maximum Gasteiger partial charge on any atom is 0.134 e. The lowest BCUT2D eigenvalue weighted by molar-refractivity contribution is 0.411. The van der Waals surface area contributed by atoms with Crippen molar-refractivity contribution in [2.75, 3.05) is 7.11 Å². The van der Waals surface area contributed by atoms with Crippen molar-refractivity contribution >= 4 is 0 Å². The fourth-order valence-corrected chi connectivity index (χ4v) is 2.04. The summed E-state index contributed by atoms with van der Waals surface area (Å²) in [5, 5.41) is 0. The summed E-state index contributed by atoms with van der Waals surface area (Å²) in [4.78, 5) is 0. The second-order valence-electron chi connectivity index (χ2n) is 4.30. The predicted octanol–water partition coefficient (Wildman–Crippen LogP) is 4.45. The highest BCUT2D eigenvalue weighted by molar-refractivity contribution is 5.65. The Morgan fingerprint density at radius 3 is 2.61 bits per heavy atom. The Balaban J connectivity index is 2.38. The molecule has 0 saturated carbocycles. The highest BCUT2D eigenvalue weighted by atomic mass is 19.1. The van der Waals surface area contributed by atoms with E-state index in [1.165, 1.54) is 18.7 Å². The van der Waals surface area contributed by atoms with Crippen LogP contribution in [-0.2, 0) is 6.42 Å². The third-order valence-corrected chi connectivity index (χ3v) is 2.95. The van der Waals surface area contributed by atoms with Crippen LogP contribution in [0.2, 0.25) is 0 Å². The number of ether oxygens (including phenoxy) is 1. The van der Waals surface area contributed by atoms with Crippen molar-refractivity contribution in [2.24, 2.45) is 0 Å². The van der Waals surface area contributed by atoms with Gasteiger partial charge in [0.25, 0.3) is 0 Å². The minimum Gasteiger partial charge on any atom is -0.497 e. The van der Waals surface area contributed by atoms with Crippen molar-refractivity contribution in [2.45, 2.75) is 19.8 Å². The summed E-state index contributed by atoms with van der Waals surface area (Å²) in [5.41, 5.74) is 2.78. The monoisotopic (exact) mass is 244 g/mol. The number of hydrogen-bond acceptors (Lipinski definition) is 1. The minimum absolute atomic E-state index is 0.247. The summed E-state index contributed by atoms with van der Waals surface area (Å²) in [5.74, 6) is 0.295. The number of methoxy groups -OCH3 is 1. The Morgan fingerprint density at radius 1 is 1.11 bits per heavy atom. The van der Waals surface area contributed by atoms with Crippen molar-refractivity contribution in [1.82, 2.24) is 0 Å². The molecule has 0 aliphatic rings. The van der Waals surface area contributed by atoms with Crippen LogP contribution in [0.4, 0.5) is 4.39 Å². The molecule has 0 heterocycles. The van der Waals surface area contributed by atoms with Gasteiger partial charge in [0.15, 0.2) is 0 Å². The maximum absolute atomic E-state index is 14.0. The van der Waals surface area contributed by atoms with Crippen molar-refractivity contribution < 1.29 is 9.13 Å². The zero-order chi connectivity index (χ0) is 13.0. The lowest BCUT2D eigenvalue weighted by Gasteiger charge is -2.07. The minimum atomic E-state index is -0.247. The number of halogens is 1. The topological polar surface area (TPSA) is 9.23 Å². The molecule has 0 amide bonds. The summed E-state index contributed by atoms with van der Waals surface area (Å²) in [6.07, 6.45) is 2.11. The zero-order valence-electron chi connectivity index (χ0n) is 10.7. The third-order valence-electron chi connectivity index (χ3n) is 2.95. The SMILES string of the molecule is CCCc1cccc(-c2ccc(OC)cc2F)c1. The molecule has 2 aromatic carbocycles. The summed E-state index contributed by atoms with van der Waals surface area (Å²) in [6.45, 7) is 2.14. The normalized spacial score (nSPS) is 10.4. The number of rotatable bonds is 4. The predicted molar refractivity (Wildman–Crippen MR) is 72.4 cm³/mol. The van der Waals surface area contributed by atoms with Gasteiger partial charge in [-0.15, -0.1) is 0 Å². The first-order chi connectivity index (χ1) is 8.74. The zero-order valence-corrected chi connectivity index (χ0v) is 10.7. The molecular formula is C16H17FO. The molecule has 0 spiro atoms. The Kier molecular flexibility index (Phi) is 3.98. The van der Waals surface area contributed by atoms with Gasteiger partial charge in [0.1, 0.15) is 11.6 Å². The van der Waals surface area contributed by atoms with Crippen molar-refractivity contribution in [3.8, 4) is 16.9 Å². The van der Waals surface area contributed by atoms with Crippen LogP contribution in [0.1, 0.15) is 18.9 Å². The summed E-state index contributed by atoms with van der Waals surface area (Å²) in [7, 11) is 1.54. The molecule has 2 rings (SSSR count). The average molecular weight is 244 g/mol. The summed E-state index contributed by atoms with van der Waals surface area (Å²) >= 11 is 0. The first kappa shape index (κ1) is 12.6. The van der Waals surface area contributed by atoms with Crippen LogP contribution in [-0.4, -0.2) is 7.11 Å². The number of hydrogen-bond donors (Lipinski definition) is 0. The van der Waals surface area contributed by atoms with Gasteiger partial charge < -0.3 is 4.74 Å². The van der Waals surface area contributed by atoms with Gasteiger partial charge in [-0.05, 0) is 29.7 Å². The van der Waals surface area contributed by atoms with Crippen LogP contribution in [0.25, 0.3) is 11.1 Å². The van der Waals surface area contributed by atoms with Gasteiger partial charge in [-0.2, -0.15) is 0 Å². The number of aryl methyl sites for hydroxylation is 1. The quantitative estimate of drug-likeness (QED) is 0.771. The van der Waals surface area contributed by atoms with E-state index in [1.54, 1.807) is 12.1 Å². The molecule has 0 aromatic heterocycles. The molecule has 0 aliphatic heterocycles. The van der Waals surface area contributed by atoms with E-state index in [4.69, 9.17) is 4.74 Å². The molecule has 94 valence electrons. The van der Waals surface area contributed by atoms with E-state index in [0.717, 1.165) is 18.4 Å². The average Bonchev–Trinajstić information content (AvgIpc) is 2.39. The Hall–Kier alpha value is -1.83. The van der Waals surface area contributed by atoms with E-state index in [9.17, 15) is 4.39 Å². The van der Waals surface area contributed by atoms with Crippen LogP contribution in [0.5, 0.6) is 5.75 Å². The first-order valence-corrected chi connectivity index (χ1v) is 6.17. The largest absolute Gasteiger partial charge is 0.497 e. The van der Waals surface area contributed by atoms with Crippen molar-refractivity contribution in [1.29, 1.82) is 0 Å². The second kappa shape index (κ2) is 5.67. The molecule has 2 aromatic rings. The fraction of sp³-hybridized carbons (Fsp3) is 0.250.